The highest BCUT2D eigenvalue weighted by Crippen LogP contribution is 2.28. The van der Waals surface area contributed by atoms with Crippen LogP contribution in [0.15, 0.2) is 18.2 Å². The van der Waals surface area contributed by atoms with Crippen molar-refractivity contribution in [2.24, 2.45) is 0 Å². The predicted octanol–water partition coefficient (Wildman–Crippen LogP) is 2.54. The van der Waals surface area contributed by atoms with Gasteiger partial charge in [-0.05, 0) is 13.0 Å². The molecule has 1 unspecified atom stereocenters. The van der Waals surface area contributed by atoms with E-state index in [9.17, 15) is 10.1 Å². The third-order valence-electron chi connectivity index (χ3n) is 1.61. The van der Waals surface area contributed by atoms with Crippen molar-refractivity contribution in [2.75, 3.05) is 0 Å². The van der Waals surface area contributed by atoms with Crippen LogP contribution in [0.2, 0.25) is 5.02 Å². The Morgan fingerprint density at radius 3 is 2.80 bits per heavy atom. The van der Waals surface area contributed by atoms with Gasteiger partial charge in [0.15, 0.2) is 6.10 Å². The highest BCUT2D eigenvalue weighted by Gasteiger charge is 2.13. The number of nitriles is 1. The molecule has 0 spiro atoms. The molecule has 1 aromatic rings. The molecule has 0 aromatic heterocycles. The van der Waals surface area contributed by atoms with E-state index in [0.29, 0.717) is 5.75 Å². The lowest BCUT2D eigenvalue weighted by molar-refractivity contribution is -0.384. The normalized spacial score (nSPS) is 11.5. The Hall–Kier alpha value is -1.80. The zero-order chi connectivity index (χ0) is 11.4. The molecule has 78 valence electrons. The maximum Gasteiger partial charge on any atom is 0.288 e. The van der Waals surface area contributed by atoms with Crippen LogP contribution < -0.4 is 4.74 Å². The molecule has 0 aliphatic carbocycles. The van der Waals surface area contributed by atoms with E-state index in [2.05, 4.69) is 0 Å². The summed E-state index contributed by atoms with van der Waals surface area (Å²) in [5, 5.41) is 18.9. The number of nitro benzene ring substituents is 1. The fourth-order valence-electron chi connectivity index (χ4n) is 0.939. The second-order valence-electron chi connectivity index (χ2n) is 2.76. The van der Waals surface area contributed by atoms with Crippen LogP contribution in [0, 0.1) is 21.4 Å². The zero-order valence-electron chi connectivity index (χ0n) is 7.81. The average molecular weight is 227 g/mol. The van der Waals surface area contributed by atoms with E-state index < -0.39 is 11.0 Å². The first-order valence-corrected chi connectivity index (χ1v) is 4.42. The molecule has 0 saturated carbocycles. The van der Waals surface area contributed by atoms with Gasteiger partial charge in [0.05, 0.1) is 4.92 Å². The zero-order valence-corrected chi connectivity index (χ0v) is 8.56. The SMILES string of the molecule is CC(C#N)Oc1ccc([N+](=O)[O-])c(Cl)c1. The summed E-state index contributed by atoms with van der Waals surface area (Å²) in [7, 11) is 0. The van der Waals surface area contributed by atoms with Crippen LogP contribution in [0.25, 0.3) is 0 Å². The molecule has 1 atom stereocenters. The summed E-state index contributed by atoms with van der Waals surface area (Å²) < 4.78 is 5.11. The second-order valence-corrected chi connectivity index (χ2v) is 3.17. The van der Waals surface area contributed by atoms with Crippen molar-refractivity contribution < 1.29 is 9.66 Å². The van der Waals surface area contributed by atoms with Gasteiger partial charge in [0, 0.05) is 12.1 Å². The topological polar surface area (TPSA) is 76.2 Å². The van der Waals surface area contributed by atoms with Gasteiger partial charge in [-0.3, -0.25) is 10.1 Å². The molecule has 0 amide bonds. The summed E-state index contributed by atoms with van der Waals surface area (Å²) in [6.07, 6.45) is -0.623. The van der Waals surface area contributed by atoms with Crippen LogP contribution in [-0.4, -0.2) is 11.0 Å². The lowest BCUT2D eigenvalue weighted by Crippen LogP contribution is -2.08. The fourth-order valence-corrected chi connectivity index (χ4v) is 1.18. The van der Waals surface area contributed by atoms with Gasteiger partial charge in [-0.25, -0.2) is 0 Å². The number of nitro groups is 1. The Bertz CT molecular complexity index is 428. The van der Waals surface area contributed by atoms with Gasteiger partial charge in [-0.2, -0.15) is 5.26 Å². The van der Waals surface area contributed by atoms with Gasteiger partial charge in [0.1, 0.15) is 16.8 Å². The molecule has 0 aliphatic rings. The van der Waals surface area contributed by atoms with E-state index in [1.807, 2.05) is 6.07 Å². The van der Waals surface area contributed by atoms with Gasteiger partial charge < -0.3 is 4.74 Å². The highest BCUT2D eigenvalue weighted by atomic mass is 35.5. The van der Waals surface area contributed by atoms with Crippen molar-refractivity contribution in [1.82, 2.24) is 0 Å². The minimum Gasteiger partial charge on any atom is -0.476 e. The van der Waals surface area contributed by atoms with Crippen molar-refractivity contribution in [3.8, 4) is 11.8 Å². The minimum atomic E-state index is -0.623. The average Bonchev–Trinajstić information content (AvgIpc) is 2.17. The van der Waals surface area contributed by atoms with Gasteiger partial charge in [0.25, 0.3) is 5.69 Å². The van der Waals surface area contributed by atoms with E-state index in [0.717, 1.165) is 0 Å². The molecule has 0 N–H and O–H groups in total. The molecule has 0 saturated heterocycles. The molecule has 5 nitrogen and oxygen atoms in total. The number of hydrogen-bond donors (Lipinski definition) is 0. The molecule has 0 heterocycles. The van der Waals surface area contributed by atoms with Crippen molar-refractivity contribution in [3.05, 3.63) is 33.3 Å². The number of benzene rings is 1. The van der Waals surface area contributed by atoms with E-state index in [-0.39, 0.29) is 10.7 Å². The quantitative estimate of drug-likeness (QED) is 0.586. The maximum absolute atomic E-state index is 10.4. The van der Waals surface area contributed by atoms with Crippen molar-refractivity contribution in [1.29, 1.82) is 5.26 Å². The van der Waals surface area contributed by atoms with Crippen LogP contribution in [-0.2, 0) is 0 Å². The van der Waals surface area contributed by atoms with Crippen LogP contribution in [0.1, 0.15) is 6.92 Å². The number of rotatable bonds is 3. The minimum absolute atomic E-state index is 0.0114. The highest BCUT2D eigenvalue weighted by molar-refractivity contribution is 6.32. The number of ether oxygens (including phenoxy) is 1. The van der Waals surface area contributed by atoms with Gasteiger partial charge in [-0.1, -0.05) is 11.6 Å². The summed E-state index contributed by atoms with van der Waals surface area (Å²) in [5.74, 6) is 0.333. The van der Waals surface area contributed by atoms with Crippen LogP contribution in [0.5, 0.6) is 5.75 Å². The number of hydrogen-bond acceptors (Lipinski definition) is 4. The number of nitrogens with zero attached hydrogens (tertiary/aromatic N) is 2. The third-order valence-corrected chi connectivity index (χ3v) is 1.91. The Labute approximate surface area is 91.0 Å². The first-order valence-electron chi connectivity index (χ1n) is 4.05. The first-order chi connectivity index (χ1) is 7.04. The van der Waals surface area contributed by atoms with E-state index in [4.69, 9.17) is 21.6 Å². The third kappa shape index (κ3) is 2.82. The summed E-state index contributed by atoms with van der Waals surface area (Å²) >= 11 is 5.65. The van der Waals surface area contributed by atoms with E-state index >= 15 is 0 Å². The van der Waals surface area contributed by atoms with Crippen molar-refractivity contribution in [2.45, 2.75) is 13.0 Å². The van der Waals surface area contributed by atoms with Crippen LogP contribution in [0.4, 0.5) is 5.69 Å². The standard InChI is InChI=1S/C9H7ClN2O3/c1-6(5-11)15-7-2-3-9(12(13)14)8(10)4-7/h2-4,6H,1H3. The maximum atomic E-state index is 10.4. The van der Waals surface area contributed by atoms with Crippen molar-refractivity contribution in [3.63, 3.8) is 0 Å². The lowest BCUT2D eigenvalue weighted by atomic mass is 10.3. The fraction of sp³-hybridized carbons (Fsp3) is 0.222. The molecule has 0 fully saturated rings. The van der Waals surface area contributed by atoms with Gasteiger partial charge >= 0.3 is 0 Å². The molecule has 0 radical (unpaired) electrons. The Morgan fingerprint density at radius 2 is 2.33 bits per heavy atom. The number of halogens is 1. The Morgan fingerprint density at radius 1 is 1.67 bits per heavy atom. The molecule has 0 aliphatic heterocycles. The predicted molar refractivity (Wildman–Crippen MR) is 53.8 cm³/mol. The molecule has 0 bridgehead atoms. The summed E-state index contributed by atoms with van der Waals surface area (Å²) in [4.78, 5) is 9.86. The van der Waals surface area contributed by atoms with E-state index in [1.54, 1.807) is 6.92 Å². The summed E-state index contributed by atoms with van der Waals surface area (Å²) in [6.45, 7) is 1.56. The molecule has 15 heavy (non-hydrogen) atoms. The molecule has 6 heteroatoms. The van der Waals surface area contributed by atoms with Gasteiger partial charge in [0.2, 0.25) is 0 Å². The molecule has 1 rings (SSSR count). The molecular formula is C9H7ClN2O3. The molecule has 1 aromatic carbocycles. The first kappa shape index (κ1) is 11.3. The van der Waals surface area contributed by atoms with Crippen LogP contribution >= 0.6 is 11.6 Å². The van der Waals surface area contributed by atoms with E-state index in [1.165, 1.54) is 18.2 Å². The monoisotopic (exact) mass is 226 g/mol. The lowest BCUT2D eigenvalue weighted by Gasteiger charge is -2.07. The largest absolute Gasteiger partial charge is 0.476 e. The smallest absolute Gasteiger partial charge is 0.288 e. The molecular weight excluding hydrogens is 220 g/mol. The van der Waals surface area contributed by atoms with Crippen LogP contribution in [0.3, 0.4) is 0 Å². The Kier molecular flexibility index (Phi) is 3.47. The summed E-state index contributed by atoms with van der Waals surface area (Å²) in [5.41, 5.74) is -0.186. The summed E-state index contributed by atoms with van der Waals surface area (Å²) in [6, 6.07) is 5.82. The van der Waals surface area contributed by atoms with Crippen molar-refractivity contribution >= 4 is 17.3 Å². The van der Waals surface area contributed by atoms with Gasteiger partial charge in [-0.15, -0.1) is 0 Å². The Balaban J connectivity index is 2.93. The second kappa shape index (κ2) is 4.62.